The minimum Gasteiger partial charge on any atom is -0.243 e. The summed E-state index contributed by atoms with van der Waals surface area (Å²) < 4.78 is 5.19. The van der Waals surface area contributed by atoms with Gasteiger partial charge in [-0.25, -0.2) is 4.63 Å². The lowest BCUT2D eigenvalue weighted by Crippen LogP contribution is -1.76. The first kappa shape index (κ1) is 7.49. The van der Waals surface area contributed by atoms with Gasteiger partial charge in [-0.3, -0.25) is 0 Å². The Morgan fingerprint density at radius 1 is 1.08 bits per heavy atom. The summed E-state index contributed by atoms with van der Waals surface area (Å²) >= 11 is 3.24. The van der Waals surface area contributed by atoms with Gasteiger partial charge in [0.15, 0.2) is 4.60 Å². The van der Waals surface area contributed by atoms with Gasteiger partial charge in [0.05, 0.1) is 0 Å². The second kappa shape index (κ2) is 3.06. The van der Waals surface area contributed by atoms with Crippen LogP contribution in [0.5, 0.6) is 0 Å². The van der Waals surface area contributed by atoms with E-state index in [0.29, 0.717) is 4.60 Å². The zero-order valence-electron chi connectivity index (χ0n) is 6.07. The van der Waals surface area contributed by atoms with Crippen molar-refractivity contribution >= 4 is 15.9 Å². The molecule has 0 amide bonds. The number of halogens is 1. The van der Waals surface area contributed by atoms with Gasteiger partial charge >= 0.3 is 0 Å². The van der Waals surface area contributed by atoms with E-state index in [1.807, 2.05) is 30.3 Å². The highest BCUT2D eigenvalue weighted by Crippen LogP contribution is 2.23. The Labute approximate surface area is 77.5 Å². The van der Waals surface area contributed by atoms with E-state index in [9.17, 15) is 0 Å². The van der Waals surface area contributed by atoms with E-state index in [1.54, 1.807) is 0 Å². The van der Waals surface area contributed by atoms with E-state index in [4.69, 9.17) is 0 Å². The minimum atomic E-state index is 0.633. The number of benzene rings is 1. The lowest BCUT2D eigenvalue weighted by atomic mass is 10.2. The lowest BCUT2D eigenvalue weighted by molar-refractivity contribution is 0.306. The second-order valence-corrected chi connectivity index (χ2v) is 3.02. The van der Waals surface area contributed by atoms with E-state index >= 15 is 0 Å². The molecule has 0 fully saturated rings. The molecule has 0 atom stereocenters. The maximum Gasteiger partial charge on any atom is 0.178 e. The van der Waals surface area contributed by atoms with E-state index < -0.39 is 0 Å². The molecule has 0 aliphatic heterocycles. The van der Waals surface area contributed by atoms with Crippen LogP contribution in [0.25, 0.3) is 11.3 Å². The fourth-order valence-corrected chi connectivity index (χ4v) is 1.31. The highest BCUT2D eigenvalue weighted by molar-refractivity contribution is 9.10. The Hall–Kier alpha value is -1.16. The zero-order chi connectivity index (χ0) is 8.39. The molecule has 2 aromatic rings. The van der Waals surface area contributed by atoms with Gasteiger partial charge < -0.3 is 0 Å². The molecule has 1 aromatic heterocycles. The molecule has 0 N–H and O–H groups in total. The fourth-order valence-electron chi connectivity index (χ4n) is 0.946. The van der Waals surface area contributed by atoms with Crippen molar-refractivity contribution in [3.63, 3.8) is 0 Å². The van der Waals surface area contributed by atoms with E-state index in [2.05, 4.69) is 30.9 Å². The average molecular weight is 225 g/mol. The molecule has 2 rings (SSSR count). The summed E-state index contributed by atoms with van der Waals surface area (Å²) in [6.45, 7) is 0. The predicted molar refractivity (Wildman–Crippen MR) is 47.4 cm³/mol. The standard InChI is InChI=1S/C8H5BrN2O/c9-8-7(10-12-11-8)6-4-2-1-3-5-6/h1-5H. The Morgan fingerprint density at radius 2 is 1.83 bits per heavy atom. The average Bonchev–Trinajstić information content (AvgIpc) is 2.53. The Bertz CT molecular complexity index is 372. The van der Waals surface area contributed by atoms with Gasteiger partial charge in [-0.1, -0.05) is 30.3 Å². The summed E-state index contributed by atoms with van der Waals surface area (Å²) in [5.41, 5.74) is 1.72. The van der Waals surface area contributed by atoms with Gasteiger partial charge in [0.2, 0.25) is 0 Å². The maximum absolute atomic E-state index is 4.55. The molecule has 0 aliphatic carbocycles. The molecule has 1 aromatic carbocycles. The van der Waals surface area contributed by atoms with Crippen LogP contribution in [0.15, 0.2) is 39.6 Å². The molecule has 0 bridgehead atoms. The van der Waals surface area contributed by atoms with Crippen molar-refractivity contribution in [1.29, 1.82) is 0 Å². The molecular formula is C8H5BrN2O. The molecule has 60 valence electrons. The summed E-state index contributed by atoms with van der Waals surface area (Å²) in [6.07, 6.45) is 0. The zero-order valence-corrected chi connectivity index (χ0v) is 7.65. The van der Waals surface area contributed by atoms with Gasteiger partial charge in [-0.2, -0.15) is 0 Å². The van der Waals surface area contributed by atoms with E-state index in [0.717, 1.165) is 11.3 Å². The van der Waals surface area contributed by atoms with Crippen molar-refractivity contribution in [1.82, 2.24) is 10.3 Å². The van der Waals surface area contributed by atoms with Gasteiger partial charge in [-0.15, -0.1) is 0 Å². The monoisotopic (exact) mass is 224 g/mol. The summed E-state index contributed by atoms with van der Waals surface area (Å²) in [5, 5.41) is 7.38. The Kier molecular flexibility index (Phi) is 1.91. The maximum atomic E-state index is 4.55. The largest absolute Gasteiger partial charge is 0.243 e. The molecule has 0 aliphatic rings. The third-order valence-corrected chi connectivity index (χ3v) is 2.02. The SMILES string of the molecule is Brc1nonc1-c1ccccc1. The van der Waals surface area contributed by atoms with Crippen LogP contribution in [0.4, 0.5) is 0 Å². The molecular weight excluding hydrogens is 220 g/mol. The van der Waals surface area contributed by atoms with Crippen molar-refractivity contribution in [2.45, 2.75) is 0 Å². The van der Waals surface area contributed by atoms with Crippen LogP contribution < -0.4 is 0 Å². The quantitative estimate of drug-likeness (QED) is 0.748. The summed E-state index contributed by atoms with van der Waals surface area (Å²) in [7, 11) is 0. The number of aromatic nitrogens is 2. The topological polar surface area (TPSA) is 38.9 Å². The molecule has 1 heterocycles. The second-order valence-electron chi connectivity index (χ2n) is 2.27. The smallest absolute Gasteiger partial charge is 0.178 e. The first-order valence-electron chi connectivity index (χ1n) is 3.41. The molecule has 0 radical (unpaired) electrons. The summed E-state index contributed by atoms with van der Waals surface area (Å²) in [6, 6.07) is 9.73. The lowest BCUT2D eigenvalue weighted by Gasteiger charge is -1.91. The van der Waals surface area contributed by atoms with E-state index in [1.165, 1.54) is 0 Å². The predicted octanol–water partition coefficient (Wildman–Crippen LogP) is 2.50. The summed E-state index contributed by atoms with van der Waals surface area (Å²) in [4.78, 5) is 0. The molecule has 0 saturated carbocycles. The number of nitrogens with zero attached hydrogens (tertiary/aromatic N) is 2. The number of hydrogen-bond acceptors (Lipinski definition) is 3. The molecule has 0 spiro atoms. The van der Waals surface area contributed by atoms with Crippen LogP contribution in [0.2, 0.25) is 0 Å². The highest BCUT2D eigenvalue weighted by atomic mass is 79.9. The number of rotatable bonds is 1. The van der Waals surface area contributed by atoms with E-state index in [-0.39, 0.29) is 0 Å². The van der Waals surface area contributed by atoms with Crippen LogP contribution in [-0.4, -0.2) is 10.3 Å². The third kappa shape index (κ3) is 1.25. The van der Waals surface area contributed by atoms with Crippen LogP contribution in [0, 0.1) is 0 Å². The van der Waals surface area contributed by atoms with Crippen LogP contribution in [0.1, 0.15) is 0 Å². The molecule has 0 saturated heterocycles. The normalized spacial score (nSPS) is 10.1. The van der Waals surface area contributed by atoms with Crippen molar-refractivity contribution < 1.29 is 4.63 Å². The molecule has 0 unspecified atom stereocenters. The van der Waals surface area contributed by atoms with Crippen LogP contribution in [-0.2, 0) is 0 Å². The van der Waals surface area contributed by atoms with Crippen molar-refractivity contribution in [2.24, 2.45) is 0 Å². The number of hydrogen-bond donors (Lipinski definition) is 0. The van der Waals surface area contributed by atoms with Gasteiger partial charge in [-0.05, 0) is 26.2 Å². The van der Waals surface area contributed by atoms with Gasteiger partial charge in [0.25, 0.3) is 0 Å². The first-order chi connectivity index (χ1) is 5.88. The third-order valence-electron chi connectivity index (χ3n) is 1.50. The molecule has 4 heteroatoms. The van der Waals surface area contributed by atoms with Gasteiger partial charge in [0.1, 0.15) is 5.69 Å². The van der Waals surface area contributed by atoms with Crippen LogP contribution >= 0.6 is 15.9 Å². The Balaban J connectivity index is 2.51. The van der Waals surface area contributed by atoms with Crippen molar-refractivity contribution in [3.05, 3.63) is 34.9 Å². The fraction of sp³-hybridized carbons (Fsp3) is 0. The van der Waals surface area contributed by atoms with Crippen molar-refractivity contribution in [2.75, 3.05) is 0 Å². The first-order valence-corrected chi connectivity index (χ1v) is 4.21. The molecule has 3 nitrogen and oxygen atoms in total. The van der Waals surface area contributed by atoms with Crippen LogP contribution in [0.3, 0.4) is 0 Å². The van der Waals surface area contributed by atoms with Gasteiger partial charge in [0, 0.05) is 5.56 Å². The molecule has 12 heavy (non-hydrogen) atoms. The minimum absolute atomic E-state index is 0.633. The Morgan fingerprint density at radius 3 is 2.42 bits per heavy atom. The highest BCUT2D eigenvalue weighted by Gasteiger charge is 2.07. The summed E-state index contributed by atoms with van der Waals surface area (Å²) in [5.74, 6) is 0. The van der Waals surface area contributed by atoms with Crippen molar-refractivity contribution in [3.8, 4) is 11.3 Å².